The summed E-state index contributed by atoms with van der Waals surface area (Å²) in [5, 5.41) is 9.13. The molecule has 98 valence electrons. The molecule has 0 aliphatic heterocycles. The van der Waals surface area contributed by atoms with Crippen LogP contribution in [0.2, 0.25) is 0 Å². The van der Waals surface area contributed by atoms with Crippen LogP contribution in [0.5, 0.6) is 5.75 Å². The summed E-state index contributed by atoms with van der Waals surface area (Å²) in [7, 11) is 0. The SMILES string of the molecule is CC(CO)c1cccc(OC(=O)c2ccccc2)c1. The molecule has 0 heterocycles. The summed E-state index contributed by atoms with van der Waals surface area (Å²) in [6.45, 7) is 1.98. The predicted octanol–water partition coefficient (Wildman–Crippen LogP) is 3.00. The third-order valence-electron chi connectivity index (χ3n) is 2.92. The van der Waals surface area contributed by atoms with Gasteiger partial charge in [0.15, 0.2) is 0 Å². The van der Waals surface area contributed by atoms with Gasteiger partial charge in [0.1, 0.15) is 5.75 Å². The Morgan fingerprint density at radius 3 is 2.58 bits per heavy atom. The van der Waals surface area contributed by atoms with Gasteiger partial charge < -0.3 is 9.84 Å². The van der Waals surface area contributed by atoms with Crippen molar-refractivity contribution in [3.8, 4) is 5.75 Å². The summed E-state index contributed by atoms with van der Waals surface area (Å²) in [5.74, 6) is 0.136. The minimum absolute atomic E-state index is 0.0235. The standard InChI is InChI=1S/C16H16O3/c1-12(11-17)14-8-5-9-15(10-14)19-16(18)13-6-3-2-4-7-13/h2-10,12,17H,11H2,1H3. The zero-order valence-corrected chi connectivity index (χ0v) is 10.7. The minimum atomic E-state index is -0.380. The number of ether oxygens (including phenoxy) is 1. The Morgan fingerprint density at radius 2 is 1.89 bits per heavy atom. The number of benzene rings is 2. The highest BCUT2D eigenvalue weighted by Gasteiger charge is 2.09. The van der Waals surface area contributed by atoms with Crippen LogP contribution < -0.4 is 4.74 Å². The molecule has 0 aliphatic carbocycles. The van der Waals surface area contributed by atoms with E-state index < -0.39 is 0 Å². The summed E-state index contributed by atoms with van der Waals surface area (Å²) in [5.41, 5.74) is 1.46. The van der Waals surface area contributed by atoms with Gasteiger partial charge in [-0.3, -0.25) is 0 Å². The lowest BCUT2D eigenvalue weighted by atomic mass is 10.0. The molecule has 1 unspecified atom stereocenters. The Morgan fingerprint density at radius 1 is 1.16 bits per heavy atom. The molecule has 3 nitrogen and oxygen atoms in total. The molecule has 0 aromatic heterocycles. The first kappa shape index (κ1) is 13.3. The molecule has 0 saturated heterocycles. The van der Waals surface area contributed by atoms with Crippen LogP contribution in [0.1, 0.15) is 28.8 Å². The van der Waals surface area contributed by atoms with Gasteiger partial charge in [-0.2, -0.15) is 0 Å². The first-order chi connectivity index (χ1) is 9.20. The molecule has 2 rings (SSSR count). The van der Waals surface area contributed by atoms with Crippen molar-refractivity contribution in [2.75, 3.05) is 6.61 Å². The Bertz CT molecular complexity index is 549. The van der Waals surface area contributed by atoms with E-state index in [4.69, 9.17) is 9.84 Å². The molecule has 0 spiro atoms. The van der Waals surface area contributed by atoms with Crippen LogP contribution >= 0.6 is 0 Å². The largest absolute Gasteiger partial charge is 0.423 e. The second-order valence-electron chi connectivity index (χ2n) is 4.41. The smallest absolute Gasteiger partial charge is 0.343 e. The second kappa shape index (κ2) is 6.16. The maximum Gasteiger partial charge on any atom is 0.343 e. The number of hydrogen-bond acceptors (Lipinski definition) is 3. The molecule has 3 heteroatoms. The van der Waals surface area contributed by atoms with Crippen molar-refractivity contribution in [2.24, 2.45) is 0 Å². The maximum absolute atomic E-state index is 11.9. The number of aliphatic hydroxyl groups is 1. The zero-order chi connectivity index (χ0) is 13.7. The average Bonchev–Trinajstić information content (AvgIpc) is 2.47. The highest BCUT2D eigenvalue weighted by molar-refractivity contribution is 5.90. The van der Waals surface area contributed by atoms with Crippen LogP contribution in [-0.4, -0.2) is 17.7 Å². The summed E-state index contributed by atoms with van der Waals surface area (Å²) in [6, 6.07) is 16.1. The highest BCUT2D eigenvalue weighted by atomic mass is 16.5. The molecular weight excluding hydrogens is 240 g/mol. The van der Waals surface area contributed by atoms with Gasteiger partial charge in [0.25, 0.3) is 0 Å². The summed E-state index contributed by atoms with van der Waals surface area (Å²) in [6.07, 6.45) is 0. The lowest BCUT2D eigenvalue weighted by molar-refractivity contribution is 0.0734. The van der Waals surface area contributed by atoms with E-state index in [1.807, 2.05) is 25.1 Å². The van der Waals surface area contributed by atoms with Crippen molar-refractivity contribution in [1.29, 1.82) is 0 Å². The molecule has 1 N–H and O–H groups in total. The third-order valence-corrected chi connectivity index (χ3v) is 2.92. The van der Waals surface area contributed by atoms with E-state index in [-0.39, 0.29) is 18.5 Å². The molecule has 0 amide bonds. The third kappa shape index (κ3) is 3.42. The molecular formula is C16H16O3. The summed E-state index contributed by atoms with van der Waals surface area (Å²) < 4.78 is 5.32. The quantitative estimate of drug-likeness (QED) is 0.675. The van der Waals surface area contributed by atoms with Crippen molar-refractivity contribution in [2.45, 2.75) is 12.8 Å². The van der Waals surface area contributed by atoms with Gasteiger partial charge in [-0.1, -0.05) is 37.3 Å². The topological polar surface area (TPSA) is 46.5 Å². The van der Waals surface area contributed by atoms with Crippen molar-refractivity contribution in [3.63, 3.8) is 0 Å². The number of aliphatic hydroxyl groups excluding tert-OH is 1. The normalized spacial score (nSPS) is 11.9. The van der Waals surface area contributed by atoms with Crippen molar-refractivity contribution in [3.05, 3.63) is 65.7 Å². The lowest BCUT2D eigenvalue weighted by Crippen LogP contribution is -2.08. The van der Waals surface area contributed by atoms with Crippen LogP contribution in [0.4, 0.5) is 0 Å². The Kier molecular flexibility index (Phi) is 4.31. The highest BCUT2D eigenvalue weighted by Crippen LogP contribution is 2.21. The van der Waals surface area contributed by atoms with Gasteiger partial charge in [0, 0.05) is 12.5 Å². The maximum atomic E-state index is 11.9. The molecule has 2 aromatic rings. The van der Waals surface area contributed by atoms with Gasteiger partial charge in [-0.05, 0) is 29.8 Å². The minimum Gasteiger partial charge on any atom is -0.423 e. The number of rotatable bonds is 4. The first-order valence-corrected chi connectivity index (χ1v) is 6.18. The fourth-order valence-corrected chi connectivity index (χ4v) is 1.73. The van der Waals surface area contributed by atoms with Gasteiger partial charge in [0.2, 0.25) is 0 Å². The van der Waals surface area contributed by atoms with E-state index in [2.05, 4.69) is 0 Å². The monoisotopic (exact) mass is 256 g/mol. The molecule has 0 radical (unpaired) electrons. The van der Waals surface area contributed by atoms with E-state index in [1.165, 1.54) is 0 Å². The van der Waals surface area contributed by atoms with E-state index in [0.29, 0.717) is 11.3 Å². The number of carbonyl (C=O) groups excluding carboxylic acids is 1. The van der Waals surface area contributed by atoms with E-state index in [0.717, 1.165) is 5.56 Å². The zero-order valence-electron chi connectivity index (χ0n) is 10.7. The fourth-order valence-electron chi connectivity index (χ4n) is 1.73. The molecule has 1 atom stereocenters. The van der Waals surface area contributed by atoms with Crippen LogP contribution in [0, 0.1) is 0 Å². The van der Waals surface area contributed by atoms with Crippen LogP contribution in [0.15, 0.2) is 54.6 Å². The van der Waals surface area contributed by atoms with Gasteiger partial charge >= 0.3 is 5.97 Å². The molecule has 19 heavy (non-hydrogen) atoms. The predicted molar refractivity (Wildman–Crippen MR) is 73.3 cm³/mol. The molecule has 0 saturated carbocycles. The van der Waals surface area contributed by atoms with E-state index in [1.54, 1.807) is 36.4 Å². The summed E-state index contributed by atoms with van der Waals surface area (Å²) >= 11 is 0. The Balaban J connectivity index is 2.13. The summed E-state index contributed by atoms with van der Waals surface area (Å²) in [4.78, 5) is 11.9. The van der Waals surface area contributed by atoms with E-state index >= 15 is 0 Å². The van der Waals surface area contributed by atoms with Gasteiger partial charge in [-0.25, -0.2) is 4.79 Å². The fraction of sp³-hybridized carbons (Fsp3) is 0.188. The average molecular weight is 256 g/mol. The van der Waals surface area contributed by atoms with Gasteiger partial charge in [-0.15, -0.1) is 0 Å². The number of carbonyl (C=O) groups is 1. The Hall–Kier alpha value is -2.13. The van der Waals surface area contributed by atoms with Crippen molar-refractivity contribution in [1.82, 2.24) is 0 Å². The molecule has 2 aromatic carbocycles. The van der Waals surface area contributed by atoms with Crippen molar-refractivity contribution < 1.29 is 14.6 Å². The van der Waals surface area contributed by atoms with E-state index in [9.17, 15) is 4.79 Å². The Labute approximate surface area is 112 Å². The van der Waals surface area contributed by atoms with Crippen molar-refractivity contribution >= 4 is 5.97 Å². The molecule has 0 fully saturated rings. The molecule has 0 bridgehead atoms. The second-order valence-corrected chi connectivity index (χ2v) is 4.41. The van der Waals surface area contributed by atoms with Gasteiger partial charge in [0.05, 0.1) is 5.56 Å². The molecule has 0 aliphatic rings. The van der Waals surface area contributed by atoms with Crippen LogP contribution in [0.3, 0.4) is 0 Å². The number of esters is 1. The van der Waals surface area contributed by atoms with Crippen LogP contribution in [0.25, 0.3) is 0 Å². The van der Waals surface area contributed by atoms with Crippen LogP contribution in [-0.2, 0) is 0 Å². The lowest BCUT2D eigenvalue weighted by Gasteiger charge is -2.10. The first-order valence-electron chi connectivity index (χ1n) is 6.18. The number of hydrogen-bond donors (Lipinski definition) is 1.